The van der Waals surface area contributed by atoms with Crippen LogP contribution in [0.3, 0.4) is 0 Å². The van der Waals surface area contributed by atoms with Crippen molar-refractivity contribution in [1.29, 1.82) is 0 Å². The highest BCUT2D eigenvalue weighted by Gasteiger charge is 2.36. The Morgan fingerprint density at radius 1 is 1.22 bits per heavy atom. The first-order valence-corrected chi connectivity index (χ1v) is 9.98. The zero-order valence-electron chi connectivity index (χ0n) is 15.8. The van der Waals surface area contributed by atoms with Crippen molar-refractivity contribution in [2.45, 2.75) is 31.3 Å². The van der Waals surface area contributed by atoms with E-state index >= 15 is 0 Å². The van der Waals surface area contributed by atoms with E-state index in [0.717, 1.165) is 24.2 Å². The van der Waals surface area contributed by atoms with Gasteiger partial charge in [-0.1, -0.05) is 18.2 Å². The summed E-state index contributed by atoms with van der Waals surface area (Å²) >= 11 is 0. The number of hydrogen-bond donors (Lipinski definition) is 2. The van der Waals surface area contributed by atoms with E-state index in [9.17, 15) is 9.90 Å². The molecule has 0 spiro atoms. The molecule has 4 rings (SSSR count). The normalized spacial score (nSPS) is 24.4. The molecule has 2 fully saturated rings. The number of aromatic nitrogens is 1. The van der Waals surface area contributed by atoms with E-state index in [1.165, 1.54) is 18.2 Å². The molecule has 6 nitrogen and oxygen atoms in total. The van der Waals surface area contributed by atoms with Crippen LogP contribution < -0.4 is 0 Å². The summed E-state index contributed by atoms with van der Waals surface area (Å²) in [4.78, 5) is 20.2. The van der Waals surface area contributed by atoms with Crippen LogP contribution in [-0.2, 0) is 16.0 Å². The minimum absolute atomic E-state index is 0.0885. The van der Waals surface area contributed by atoms with Gasteiger partial charge in [0.2, 0.25) is 5.91 Å². The summed E-state index contributed by atoms with van der Waals surface area (Å²) in [7, 11) is 0. The molecule has 146 valence electrons. The topological polar surface area (TPSA) is 68.8 Å². The number of aryl methyl sites for hydroxylation is 1. The number of nitrogens with one attached hydrogen (secondary N) is 1. The van der Waals surface area contributed by atoms with E-state index < -0.39 is 5.60 Å². The van der Waals surface area contributed by atoms with Crippen LogP contribution in [0.4, 0.5) is 0 Å². The molecular weight excluding hydrogens is 342 g/mol. The number of carbonyl (C=O) groups excluding carboxylic acids is 1. The number of carbonyl (C=O) groups is 1. The van der Waals surface area contributed by atoms with Crippen molar-refractivity contribution in [3.8, 4) is 0 Å². The largest absolute Gasteiger partial charge is 0.384 e. The molecule has 2 saturated heterocycles. The second-order valence-electron chi connectivity index (χ2n) is 7.93. The van der Waals surface area contributed by atoms with Crippen LogP contribution in [0.2, 0.25) is 0 Å². The third kappa shape index (κ3) is 4.34. The van der Waals surface area contributed by atoms with Crippen molar-refractivity contribution in [1.82, 2.24) is 14.8 Å². The maximum absolute atomic E-state index is 12.8. The fourth-order valence-corrected chi connectivity index (χ4v) is 4.32. The standard InChI is InChI=1S/C21H29N3O3/c25-20(8-7-17-13-22-19-6-2-1-5-18(17)19)24-11-12-27-16-21(26,15-24)14-23-9-3-4-10-23/h1-2,5-6,13,22,26H,3-4,7-12,14-16H2. The predicted molar refractivity (Wildman–Crippen MR) is 105 cm³/mol. The van der Waals surface area contributed by atoms with Gasteiger partial charge in [-0.3, -0.25) is 4.79 Å². The second kappa shape index (κ2) is 8.00. The molecule has 2 N–H and O–H groups in total. The lowest BCUT2D eigenvalue weighted by atomic mass is 10.0. The van der Waals surface area contributed by atoms with Gasteiger partial charge in [0.1, 0.15) is 5.60 Å². The number of aliphatic hydroxyl groups is 1. The lowest BCUT2D eigenvalue weighted by Gasteiger charge is -2.34. The van der Waals surface area contributed by atoms with Crippen LogP contribution in [0.5, 0.6) is 0 Å². The number of para-hydroxylation sites is 1. The number of rotatable bonds is 5. The SMILES string of the molecule is O=C(CCc1c[nH]c2ccccc12)N1CCOCC(O)(CN2CCCC2)C1. The molecule has 6 heteroatoms. The number of amides is 1. The molecule has 1 aromatic heterocycles. The molecule has 27 heavy (non-hydrogen) atoms. The maximum Gasteiger partial charge on any atom is 0.223 e. The van der Waals surface area contributed by atoms with Gasteiger partial charge in [0, 0.05) is 36.6 Å². The van der Waals surface area contributed by atoms with E-state index in [-0.39, 0.29) is 5.91 Å². The molecule has 0 bridgehead atoms. The van der Waals surface area contributed by atoms with Gasteiger partial charge in [-0.05, 0) is 44.0 Å². The van der Waals surface area contributed by atoms with Gasteiger partial charge in [0.15, 0.2) is 0 Å². The molecule has 1 unspecified atom stereocenters. The van der Waals surface area contributed by atoms with E-state index in [0.29, 0.717) is 45.7 Å². The summed E-state index contributed by atoms with van der Waals surface area (Å²) in [5, 5.41) is 12.2. The molecule has 2 aromatic rings. The van der Waals surface area contributed by atoms with Crippen molar-refractivity contribution in [2.24, 2.45) is 0 Å². The fourth-order valence-electron chi connectivity index (χ4n) is 4.32. The van der Waals surface area contributed by atoms with Crippen LogP contribution in [-0.4, -0.2) is 77.3 Å². The summed E-state index contributed by atoms with van der Waals surface area (Å²) in [5.41, 5.74) is 1.29. The van der Waals surface area contributed by atoms with Crippen LogP contribution in [0.25, 0.3) is 10.9 Å². The van der Waals surface area contributed by atoms with Crippen molar-refractivity contribution in [2.75, 3.05) is 45.9 Å². The fraction of sp³-hybridized carbons (Fsp3) is 0.571. The summed E-state index contributed by atoms with van der Waals surface area (Å²) in [6.07, 6.45) is 5.51. The van der Waals surface area contributed by atoms with E-state index in [1.54, 1.807) is 4.90 Å². The predicted octanol–water partition coefficient (Wildman–Crippen LogP) is 1.79. The molecule has 1 amide bonds. The van der Waals surface area contributed by atoms with Crippen molar-refractivity contribution in [3.63, 3.8) is 0 Å². The lowest BCUT2D eigenvalue weighted by molar-refractivity contribution is -0.134. The Balaban J connectivity index is 1.38. The minimum Gasteiger partial charge on any atom is -0.384 e. The van der Waals surface area contributed by atoms with Gasteiger partial charge in [-0.25, -0.2) is 0 Å². The van der Waals surface area contributed by atoms with Crippen LogP contribution in [0.15, 0.2) is 30.5 Å². The molecule has 1 aromatic carbocycles. The van der Waals surface area contributed by atoms with E-state index in [1.807, 2.05) is 24.4 Å². The molecule has 1 atom stereocenters. The lowest BCUT2D eigenvalue weighted by Crippen LogP contribution is -2.53. The van der Waals surface area contributed by atoms with E-state index in [4.69, 9.17) is 4.74 Å². The van der Waals surface area contributed by atoms with Gasteiger partial charge >= 0.3 is 0 Å². The Hall–Kier alpha value is -1.89. The number of nitrogens with zero attached hydrogens (tertiary/aromatic N) is 2. The molecule has 0 saturated carbocycles. The van der Waals surface area contributed by atoms with Crippen molar-refractivity contribution in [3.05, 3.63) is 36.0 Å². The highest BCUT2D eigenvalue weighted by molar-refractivity contribution is 5.84. The van der Waals surface area contributed by atoms with Crippen LogP contribution in [0.1, 0.15) is 24.8 Å². The van der Waals surface area contributed by atoms with Gasteiger partial charge in [0.05, 0.1) is 19.8 Å². The first kappa shape index (κ1) is 18.5. The second-order valence-corrected chi connectivity index (χ2v) is 7.93. The van der Waals surface area contributed by atoms with Gasteiger partial charge in [0.25, 0.3) is 0 Å². The summed E-state index contributed by atoms with van der Waals surface area (Å²) < 4.78 is 5.63. The molecular formula is C21H29N3O3. The van der Waals surface area contributed by atoms with Crippen LogP contribution >= 0.6 is 0 Å². The number of hydrogen-bond acceptors (Lipinski definition) is 4. The Morgan fingerprint density at radius 3 is 2.89 bits per heavy atom. The quantitative estimate of drug-likeness (QED) is 0.841. The first-order valence-electron chi connectivity index (χ1n) is 9.98. The third-order valence-electron chi connectivity index (χ3n) is 5.71. The molecule has 2 aliphatic rings. The zero-order chi connectivity index (χ0) is 18.7. The van der Waals surface area contributed by atoms with E-state index in [2.05, 4.69) is 16.0 Å². The number of aromatic amines is 1. The smallest absolute Gasteiger partial charge is 0.223 e. The maximum atomic E-state index is 12.8. The number of β-amino-alcohol motifs (C(OH)–C–C–N with tert-alkyl or cyclic N) is 1. The highest BCUT2D eigenvalue weighted by atomic mass is 16.5. The monoisotopic (exact) mass is 371 g/mol. The number of benzene rings is 1. The summed E-state index contributed by atoms with van der Waals surface area (Å²) in [6, 6.07) is 8.16. The Morgan fingerprint density at radius 2 is 2.04 bits per heavy atom. The molecule has 0 aliphatic carbocycles. The molecule has 2 aliphatic heterocycles. The molecule has 0 radical (unpaired) electrons. The van der Waals surface area contributed by atoms with Gasteiger partial charge < -0.3 is 24.6 Å². The Labute approximate surface area is 160 Å². The van der Waals surface area contributed by atoms with Crippen molar-refractivity contribution >= 4 is 16.8 Å². The van der Waals surface area contributed by atoms with Gasteiger partial charge in [-0.2, -0.15) is 0 Å². The van der Waals surface area contributed by atoms with Gasteiger partial charge in [-0.15, -0.1) is 0 Å². The van der Waals surface area contributed by atoms with Crippen LogP contribution in [0, 0.1) is 0 Å². The Bertz CT molecular complexity index is 784. The molecule has 3 heterocycles. The average Bonchev–Trinajstić information content (AvgIpc) is 3.27. The number of fused-ring (bicyclic) bond motifs is 1. The summed E-state index contributed by atoms with van der Waals surface area (Å²) in [6.45, 7) is 4.33. The highest BCUT2D eigenvalue weighted by Crippen LogP contribution is 2.21. The number of likely N-dealkylation sites (tertiary alicyclic amines) is 1. The summed E-state index contributed by atoms with van der Waals surface area (Å²) in [5.74, 6) is 0.0885. The zero-order valence-corrected chi connectivity index (χ0v) is 15.8. The minimum atomic E-state index is -0.975. The Kier molecular flexibility index (Phi) is 5.48. The third-order valence-corrected chi connectivity index (χ3v) is 5.71. The average molecular weight is 371 g/mol. The number of H-pyrrole nitrogens is 1. The number of ether oxygens (including phenoxy) is 1. The van der Waals surface area contributed by atoms with Crippen molar-refractivity contribution < 1.29 is 14.6 Å². The first-order chi connectivity index (χ1) is 13.1.